The summed E-state index contributed by atoms with van der Waals surface area (Å²) in [6.07, 6.45) is 6.00. The summed E-state index contributed by atoms with van der Waals surface area (Å²) in [6, 6.07) is 8.00. The number of carbonyl (C=O) groups is 1. The number of furan rings is 1. The molecule has 0 unspecified atom stereocenters. The van der Waals surface area contributed by atoms with Gasteiger partial charge in [0, 0.05) is 24.6 Å². The van der Waals surface area contributed by atoms with E-state index in [0.717, 1.165) is 35.5 Å². The summed E-state index contributed by atoms with van der Waals surface area (Å²) in [4.78, 5) is 21.5. The number of pyridine rings is 1. The molecule has 0 aliphatic heterocycles. The number of rotatable bonds is 5. The van der Waals surface area contributed by atoms with Crippen molar-refractivity contribution in [3.05, 3.63) is 42.0 Å². The second kappa shape index (κ2) is 6.11. The molecule has 1 aliphatic carbocycles. The first kappa shape index (κ1) is 14.9. The van der Waals surface area contributed by atoms with E-state index < -0.39 is 0 Å². The van der Waals surface area contributed by atoms with Crippen LogP contribution in [0.5, 0.6) is 0 Å². The molecule has 124 valence electrons. The predicted octanol–water partition coefficient (Wildman–Crippen LogP) is 3.63. The van der Waals surface area contributed by atoms with Gasteiger partial charge in [0.2, 0.25) is 11.9 Å². The number of carbonyl (C=O) groups excluding carboxylic acids is 1. The molecule has 0 bridgehead atoms. The fourth-order valence-corrected chi connectivity index (χ4v) is 3.03. The molecule has 1 saturated carbocycles. The summed E-state index contributed by atoms with van der Waals surface area (Å²) in [6.45, 7) is 1.97. The van der Waals surface area contributed by atoms with Gasteiger partial charge in [-0.15, -0.1) is 0 Å². The lowest BCUT2D eigenvalue weighted by Gasteiger charge is -2.28. The fourth-order valence-electron chi connectivity index (χ4n) is 3.03. The van der Waals surface area contributed by atoms with Crippen LogP contribution in [0.15, 0.2) is 34.9 Å². The minimum Gasteiger partial charge on any atom is -0.469 e. The van der Waals surface area contributed by atoms with Crippen LogP contribution in [0.4, 0.5) is 5.95 Å². The van der Waals surface area contributed by atoms with Gasteiger partial charge in [0.25, 0.3) is 0 Å². The maximum atomic E-state index is 12.3. The third-order valence-corrected chi connectivity index (χ3v) is 4.55. The van der Waals surface area contributed by atoms with Crippen LogP contribution in [0, 0.1) is 6.92 Å². The Bertz CT molecular complexity index is 863. The number of aryl methyl sites for hydroxylation is 2. The van der Waals surface area contributed by atoms with Gasteiger partial charge < -0.3 is 4.42 Å². The van der Waals surface area contributed by atoms with Gasteiger partial charge in [0.15, 0.2) is 5.65 Å². The Labute approximate surface area is 139 Å². The van der Waals surface area contributed by atoms with Crippen LogP contribution in [-0.2, 0) is 11.2 Å². The molecule has 1 fully saturated rings. The zero-order valence-corrected chi connectivity index (χ0v) is 13.7. The highest BCUT2D eigenvalue weighted by Crippen LogP contribution is 2.36. The van der Waals surface area contributed by atoms with E-state index in [4.69, 9.17) is 4.42 Å². The van der Waals surface area contributed by atoms with Gasteiger partial charge in [-0.25, -0.2) is 9.97 Å². The largest absolute Gasteiger partial charge is 0.469 e. The van der Waals surface area contributed by atoms with Gasteiger partial charge in [-0.1, -0.05) is 0 Å². The first-order valence-electron chi connectivity index (χ1n) is 8.38. The smallest absolute Gasteiger partial charge is 0.227 e. The van der Waals surface area contributed by atoms with Gasteiger partial charge >= 0.3 is 0 Å². The normalized spacial score (nSPS) is 14.7. The topological polar surface area (TPSA) is 73.0 Å². The number of hydrogen-bond donors (Lipinski definition) is 1. The molecular formula is C18H20N4O2. The summed E-state index contributed by atoms with van der Waals surface area (Å²) in [5.74, 6) is 1.37. The lowest BCUT2D eigenvalue weighted by Crippen LogP contribution is -2.22. The van der Waals surface area contributed by atoms with Crippen molar-refractivity contribution in [3.63, 3.8) is 0 Å². The highest BCUT2D eigenvalue weighted by molar-refractivity contribution is 5.91. The molecule has 3 aromatic rings. The SMILES string of the molecule is Cc1ccc2nc(NC(=O)CCc3ccco3)n(C3CCC3)c2n1. The molecule has 0 spiro atoms. The summed E-state index contributed by atoms with van der Waals surface area (Å²) >= 11 is 0. The molecule has 4 rings (SSSR count). The summed E-state index contributed by atoms with van der Waals surface area (Å²) in [5.41, 5.74) is 2.65. The van der Waals surface area contributed by atoms with E-state index in [1.807, 2.05) is 31.2 Å². The number of hydrogen-bond acceptors (Lipinski definition) is 4. The number of nitrogens with zero attached hydrogens (tertiary/aromatic N) is 3. The molecule has 24 heavy (non-hydrogen) atoms. The molecule has 6 heteroatoms. The maximum Gasteiger partial charge on any atom is 0.227 e. The molecule has 0 atom stereocenters. The summed E-state index contributed by atoms with van der Waals surface area (Å²) < 4.78 is 7.37. The monoisotopic (exact) mass is 324 g/mol. The van der Waals surface area contributed by atoms with Crippen molar-refractivity contribution in [1.82, 2.24) is 14.5 Å². The molecule has 1 amide bonds. The molecular weight excluding hydrogens is 304 g/mol. The molecule has 0 radical (unpaired) electrons. The minimum absolute atomic E-state index is 0.0565. The van der Waals surface area contributed by atoms with Gasteiger partial charge in [0.1, 0.15) is 11.3 Å². The lowest BCUT2D eigenvalue weighted by molar-refractivity contribution is -0.116. The van der Waals surface area contributed by atoms with E-state index in [1.54, 1.807) is 6.26 Å². The van der Waals surface area contributed by atoms with Crippen LogP contribution in [0.3, 0.4) is 0 Å². The van der Waals surface area contributed by atoms with Crippen molar-refractivity contribution in [2.24, 2.45) is 0 Å². The van der Waals surface area contributed by atoms with Crippen molar-refractivity contribution in [3.8, 4) is 0 Å². The zero-order valence-electron chi connectivity index (χ0n) is 13.7. The lowest BCUT2D eigenvalue weighted by atomic mass is 9.93. The van der Waals surface area contributed by atoms with Crippen LogP contribution in [0.25, 0.3) is 11.2 Å². The van der Waals surface area contributed by atoms with Crippen molar-refractivity contribution in [2.45, 2.75) is 45.1 Å². The van der Waals surface area contributed by atoms with E-state index in [9.17, 15) is 4.79 Å². The second-order valence-electron chi connectivity index (χ2n) is 6.31. The fraction of sp³-hybridized carbons (Fsp3) is 0.389. The Balaban J connectivity index is 1.57. The van der Waals surface area contributed by atoms with Gasteiger partial charge in [-0.2, -0.15) is 0 Å². The van der Waals surface area contributed by atoms with E-state index in [0.29, 0.717) is 24.8 Å². The Morgan fingerprint density at radius 1 is 1.33 bits per heavy atom. The average Bonchev–Trinajstić information content (AvgIpc) is 3.13. The number of imidazole rings is 1. The number of aromatic nitrogens is 3. The third kappa shape index (κ3) is 2.79. The summed E-state index contributed by atoms with van der Waals surface area (Å²) in [5, 5.41) is 2.96. The maximum absolute atomic E-state index is 12.3. The van der Waals surface area contributed by atoms with E-state index in [2.05, 4.69) is 19.9 Å². The van der Waals surface area contributed by atoms with Crippen LogP contribution in [0.2, 0.25) is 0 Å². The Kier molecular flexibility index (Phi) is 3.80. The Morgan fingerprint density at radius 2 is 2.21 bits per heavy atom. The van der Waals surface area contributed by atoms with Crippen molar-refractivity contribution in [2.75, 3.05) is 5.32 Å². The zero-order chi connectivity index (χ0) is 16.5. The standard InChI is InChI=1S/C18H20N4O2/c1-12-7-9-15-17(19-12)22(13-4-2-5-13)18(20-15)21-16(23)10-8-14-6-3-11-24-14/h3,6-7,9,11,13H,2,4-5,8,10H2,1H3,(H,20,21,23). The van der Waals surface area contributed by atoms with Gasteiger partial charge in [-0.05, 0) is 50.5 Å². The van der Waals surface area contributed by atoms with E-state index >= 15 is 0 Å². The number of nitrogens with one attached hydrogen (secondary N) is 1. The molecule has 3 heterocycles. The third-order valence-electron chi connectivity index (χ3n) is 4.55. The van der Waals surface area contributed by atoms with Crippen LogP contribution in [0.1, 0.15) is 43.2 Å². The van der Waals surface area contributed by atoms with E-state index in [1.165, 1.54) is 6.42 Å². The van der Waals surface area contributed by atoms with Crippen molar-refractivity contribution < 1.29 is 9.21 Å². The Morgan fingerprint density at radius 3 is 2.92 bits per heavy atom. The minimum atomic E-state index is -0.0565. The Hall–Kier alpha value is -2.63. The van der Waals surface area contributed by atoms with Crippen LogP contribution >= 0.6 is 0 Å². The number of anilines is 1. The van der Waals surface area contributed by atoms with Crippen LogP contribution < -0.4 is 5.32 Å². The molecule has 1 aliphatic rings. The molecule has 3 aromatic heterocycles. The van der Waals surface area contributed by atoms with Crippen molar-refractivity contribution in [1.29, 1.82) is 0 Å². The van der Waals surface area contributed by atoms with Gasteiger partial charge in [0.05, 0.1) is 6.26 Å². The average molecular weight is 324 g/mol. The van der Waals surface area contributed by atoms with Crippen molar-refractivity contribution >= 4 is 23.0 Å². The van der Waals surface area contributed by atoms with E-state index in [-0.39, 0.29) is 5.91 Å². The number of fused-ring (bicyclic) bond motifs is 1. The summed E-state index contributed by atoms with van der Waals surface area (Å²) in [7, 11) is 0. The van der Waals surface area contributed by atoms with Gasteiger partial charge in [-0.3, -0.25) is 14.7 Å². The highest BCUT2D eigenvalue weighted by atomic mass is 16.3. The quantitative estimate of drug-likeness (QED) is 0.778. The molecule has 1 N–H and O–H groups in total. The molecule has 0 aromatic carbocycles. The van der Waals surface area contributed by atoms with Crippen LogP contribution in [-0.4, -0.2) is 20.4 Å². The predicted molar refractivity (Wildman–Crippen MR) is 90.8 cm³/mol. The number of amides is 1. The molecule has 0 saturated heterocycles. The first-order chi connectivity index (χ1) is 11.7. The highest BCUT2D eigenvalue weighted by Gasteiger charge is 2.26. The molecule has 6 nitrogen and oxygen atoms in total. The second-order valence-corrected chi connectivity index (χ2v) is 6.31. The first-order valence-corrected chi connectivity index (χ1v) is 8.38.